The summed E-state index contributed by atoms with van der Waals surface area (Å²) in [6.07, 6.45) is 1.19. The fourth-order valence-electron chi connectivity index (χ4n) is 2.49. The number of methoxy groups -OCH3 is 2. The number of carbonyl (C=O) groups is 1. The lowest BCUT2D eigenvalue weighted by molar-refractivity contribution is -0.116. The molecule has 0 radical (unpaired) electrons. The molecule has 0 fully saturated rings. The Balaban J connectivity index is 2.10. The van der Waals surface area contributed by atoms with Crippen LogP contribution in [-0.4, -0.2) is 33.3 Å². The Kier molecular flexibility index (Phi) is 8.54. The molecule has 2 aromatic rings. The number of carbonyl (C=O) groups excluding carboxylic acids is 1. The second-order valence-corrected chi connectivity index (χ2v) is 6.57. The molecule has 1 N–H and O–H groups in total. The molecule has 1 amide bonds. The number of alkyl halides is 2. The quantitative estimate of drug-likeness (QED) is 0.438. The van der Waals surface area contributed by atoms with Crippen molar-refractivity contribution >= 4 is 34.7 Å². The van der Waals surface area contributed by atoms with Gasteiger partial charge < -0.3 is 19.5 Å². The van der Waals surface area contributed by atoms with E-state index in [1.165, 1.54) is 32.4 Å². The topological polar surface area (TPSA) is 56.8 Å². The number of rotatable bonds is 9. The maximum atomic E-state index is 12.5. The third-order valence-electron chi connectivity index (χ3n) is 3.91. The third kappa shape index (κ3) is 6.51. The van der Waals surface area contributed by atoms with Crippen molar-refractivity contribution in [2.24, 2.45) is 0 Å². The third-order valence-corrected chi connectivity index (χ3v) is 4.65. The van der Waals surface area contributed by atoms with Crippen molar-refractivity contribution in [2.45, 2.75) is 13.0 Å². The van der Waals surface area contributed by atoms with Crippen LogP contribution in [0, 0.1) is 0 Å². The minimum Gasteiger partial charge on any atom is -0.493 e. The minimum atomic E-state index is -3.06. The molecule has 5 nitrogen and oxygen atoms in total. The van der Waals surface area contributed by atoms with E-state index in [4.69, 9.17) is 32.7 Å². The van der Waals surface area contributed by atoms with Crippen LogP contribution in [0.1, 0.15) is 11.1 Å². The van der Waals surface area contributed by atoms with Gasteiger partial charge in [0.25, 0.3) is 5.91 Å². The van der Waals surface area contributed by atoms with Crippen LogP contribution in [0.5, 0.6) is 11.5 Å². The number of benzene rings is 2. The molecule has 0 spiro atoms. The Morgan fingerprint density at radius 2 is 1.79 bits per heavy atom. The van der Waals surface area contributed by atoms with Gasteiger partial charge in [-0.15, -0.1) is 0 Å². The van der Waals surface area contributed by atoms with Crippen LogP contribution < -0.4 is 14.8 Å². The Hall–Kier alpha value is -2.51. The van der Waals surface area contributed by atoms with Crippen molar-refractivity contribution in [1.82, 2.24) is 5.32 Å². The van der Waals surface area contributed by atoms with Gasteiger partial charge in [0, 0.05) is 6.54 Å². The first-order chi connectivity index (χ1) is 13.8. The average molecular weight is 446 g/mol. The Bertz CT molecular complexity index is 891. The fourth-order valence-corrected chi connectivity index (χ4v) is 2.79. The highest BCUT2D eigenvalue weighted by Gasteiger charge is 2.15. The molecule has 0 heterocycles. The smallest absolute Gasteiger partial charge is 0.386 e. The molecule has 0 aliphatic rings. The summed E-state index contributed by atoms with van der Waals surface area (Å²) in [7, 11) is 3.07. The van der Waals surface area contributed by atoms with Crippen LogP contribution in [0.15, 0.2) is 42.7 Å². The average Bonchev–Trinajstić information content (AvgIpc) is 2.70. The van der Waals surface area contributed by atoms with E-state index >= 15 is 0 Å². The van der Waals surface area contributed by atoms with Crippen LogP contribution in [-0.2, 0) is 16.0 Å². The van der Waals surface area contributed by atoms with E-state index in [1.807, 2.05) is 6.07 Å². The molecule has 0 aliphatic carbocycles. The first-order valence-electron chi connectivity index (χ1n) is 8.44. The van der Waals surface area contributed by atoms with Crippen LogP contribution in [0.4, 0.5) is 8.78 Å². The number of amides is 1. The monoisotopic (exact) mass is 445 g/mol. The zero-order chi connectivity index (χ0) is 21.4. The first kappa shape index (κ1) is 22.8. The summed E-state index contributed by atoms with van der Waals surface area (Å²) in [5.74, 6) is 0.567. The van der Waals surface area contributed by atoms with E-state index in [0.29, 0.717) is 29.7 Å². The van der Waals surface area contributed by atoms with Crippen LogP contribution in [0.2, 0.25) is 10.0 Å². The van der Waals surface area contributed by atoms with Crippen molar-refractivity contribution in [1.29, 1.82) is 0 Å². The number of halogens is 4. The van der Waals surface area contributed by atoms with E-state index in [2.05, 4.69) is 10.1 Å². The lowest BCUT2D eigenvalue weighted by Crippen LogP contribution is -2.27. The lowest BCUT2D eigenvalue weighted by atomic mass is 10.1. The highest BCUT2D eigenvalue weighted by atomic mass is 35.5. The highest BCUT2D eigenvalue weighted by Crippen LogP contribution is 2.28. The molecule has 0 saturated carbocycles. The summed E-state index contributed by atoms with van der Waals surface area (Å²) in [6.45, 7) is -2.81. The predicted molar refractivity (Wildman–Crippen MR) is 108 cm³/mol. The summed E-state index contributed by atoms with van der Waals surface area (Å²) >= 11 is 11.8. The minimum absolute atomic E-state index is 0.101. The number of hydrogen-bond acceptors (Lipinski definition) is 4. The summed E-state index contributed by atoms with van der Waals surface area (Å²) in [4.78, 5) is 12.5. The first-order valence-corrected chi connectivity index (χ1v) is 9.19. The molecular weight excluding hydrogens is 427 g/mol. The van der Waals surface area contributed by atoms with E-state index in [9.17, 15) is 13.6 Å². The Morgan fingerprint density at radius 3 is 2.41 bits per heavy atom. The molecule has 0 bridgehead atoms. The van der Waals surface area contributed by atoms with Crippen molar-refractivity contribution in [3.8, 4) is 11.5 Å². The van der Waals surface area contributed by atoms with E-state index < -0.39 is 12.5 Å². The van der Waals surface area contributed by atoms with Gasteiger partial charge in [0.15, 0.2) is 11.5 Å². The number of hydrogen-bond donors (Lipinski definition) is 1. The maximum absolute atomic E-state index is 12.5. The van der Waals surface area contributed by atoms with E-state index in [-0.39, 0.29) is 22.2 Å². The summed E-state index contributed by atoms with van der Waals surface area (Å²) in [6, 6.07) is 9.74. The largest absolute Gasteiger partial charge is 0.493 e. The highest BCUT2D eigenvalue weighted by molar-refractivity contribution is 6.42. The number of ether oxygens (including phenoxy) is 3. The molecule has 0 aromatic heterocycles. The molecule has 2 rings (SSSR count). The van der Waals surface area contributed by atoms with Crippen molar-refractivity contribution in [2.75, 3.05) is 20.8 Å². The van der Waals surface area contributed by atoms with Crippen molar-refractivity contribution < 1.29 is 27.8 Å². The second kappa shape index (κ2) is 10.9. The molecule has 29 heavy (non-hydrogen) atoms. The Labute approximate surface area is 177 Å². The summed E-state index contributed by atoms with van der Waals surface area (Å²) < 4.78 is 39.5. The molecule has 2 aromatic carbocycles. The van der Waals surface area contributed by atoms with Crippen molar-refractivity contribution in [3.05, 3.63) is 63.8 Å². The summed E-state index contributed by atoms with van der Waals surface area (Å²) in [5, 5.41) is 3.14. The molecule has 156 valence electrons. The van der Waals surface area contributed by atoms with Crippen LogP contribution >= 0.6 is 23.2 Å². The van der Waals surface area contributed by atoms with Gasteiger partial charge in [-0.3, -0.25) is 4.79 Å². The van der Waals surface area contributed by atoms with Gasteiger partial charge in [0.05, 0.1) is 29.8 Å². The molecule has 0 unspecified atom stereocenters. The normalized spacial score (nSPS) is 11.3. The molecule has 9 heteroatoms. The zero-order valence-electron chi connectivity index (χ0n) is 15.7. The van der Waals surface area contributed by atoms with Crippen LogP contribution in [0.3, 0.4) is 0 Å². The van der Waals surface area contributed by atoms with Gasteiger partial charge in [0.2, 0.25) is 0 Å². The maximum Gasteiger partial charge on any atom is 0.386 e. The molecule has 0 aliphatic heterocycles. The van der Waals surface area contributed by atoms with Gasteiger partial charge in [-0.2, -0.15) is 8.78 Å². The summed E-state index contributed by atoms with van der Waals surface area (Å²) in [5.41, 5.74) is 1.09. The standard InChI is InChI=1S/C20H19Cl2F2NO4/c1-27-17-6-3-12(9-18(17)28-2)7-8-25-19(26)14(11-29-20(23)24)13-4-5-15(21)16(22)10-13/h3-6,9-11,20H,7-8H2,1-2H3,(H,25,26). The van der Waals surface area contributed by atoms with Gasteiger partial charge in [-0.05, 0) is 41.8 Å². The van der Waals surface area contributed by atoms with Crippen molar-refractivity contribution in [3.63, 3.8) is 0 Å². The fraction of sp³-hybridized carbons (Fsp3) is 0.250. The SMILES string of the molecule is COc1ccc(CCNC(=O)C(=COC(F)F)c2ccc(Cl)c(Cl)c2)cc1OC. The molecular formula is C20H19Cl2F2NO4. The van der Waals surface area contributed by atoms with Crippen LogP contribution in [0.25, 0.3) is 5.57 Å². The van der Waals surface area contributed by atoms with Gasteiger partial charge in [-0.25, -0.2) is 0 Å². The van der Waals surface area contributed by atoms with Gasteiger partial charge in [-0.1, -0.05) is 35.3 Å². The van der Waals surface area contributed by atoms with E-state index in [1.54, 1.807) is 12.1 Å². The predicted octanol–water partition coefficient (Wildman–Crippen LogP) is 4.95. The number of nitrogens with one attached hydrogen (secondary N) is 1. The van der Waals surface area contributed by atoms with Gasteiger partial charge >= 0.3 is 6.61 Å². The second-order valence-electron chi connectivity index (χ2n) is 5.75. The molecule has 0 saturated heterocycles. The lowest BCUT2D eigenvalue weighted by Gasteiger charge is -2.12. The van der Waals surface area contributed by atoms with Gasteiger partial charge in [0.1, 0.15) is 6.26 Å². The Morgan fingerprint density at radius 1 is 1.07 bits per heavy atom. The van der Waals surface area contributed by atoms with E-state index in [0.717, 1.165) is 5.56 Å². The molecule has 0 atom stereocenters. The zero-order valence-corrected chi connectivity index (χ0v) is 17.2.